The third-order valence-electron chi connectivity index (χ3n) is 4.93. The van der Waals surface area contributed by atoms with Gasteiger partial charge in [0.1, 0.15) is 5.75 Å². The van der Waals surface area contributed by atoms with E-state index >= 15 is 0 Å². The Morgan fingerprint density at radius 3 is 2.64 bits per heavy atom. The fraction of sp³-hybridized carbons (Fsp3) is 0.650. The molecule has 1 saturated heterocycles. The molecule has 1 heterocycles. The average Bonchev–Trinajstić information content (AvgIpc) is 2.69. The molecule has 0 radical (unpaired) electrons. The maximum absolute atomic E-state index is 13.4. The van der Waals surface area contributed by atoms with Crippen LogP contribution in [0.1, 0.15) is 37.3 Å². The highest BCUT2D eigenvalue weighted by Gasteiger charge is 2.33. The molecule has 1 fully saturated rings. The van der Waals surface area contributed by atoms with Gasteiger partial charge in [0.15, 0.2) is 5.96 Å². The minimum atomic E-state index is -4.45. The van der Waals surface area contributed by atoms with E-state index < -0.39 is 11.7 Å². The summed E-state index contributed by atoms with van der Waals surface area (Å²) < 4.78 is 50.5. The molecule has 0 amide bonds. The van der Waals surface area contributed by atoms with Gasteiger partial charge in [-0.2, -0.15) is 13.2 Å². The molecular weight excluding hydrogens is 371 g/mol. The van der Waals surface area contributed by atoms with E-state index in [0.29, 0.717) is 18.4 Å². The Hall–Kier alpha value is -1.96. The van der Waals surface area contributed by atoms with Crippen molar-refractivity contribution in [2.45, 2.75) is 38.9 Å². The summed E-state index contributed by atoms with van der Waals surface area (Å²) in [7, 11) is 3.27. The summed E-state index contributed by atoms with van der Waals surface area (Å²) in [6.07, 6.45) is -1.32. The van der Waals surface area contributed by atoms with E-state index in [9.17, 15) is 13.2 Å². The van der Waals surface area contributed by atoms with E-state index in [1.165, 1.54) is 19.2 Å². The molecule has 1 aliphatic heterocycles. The molecule has 0 spiro atoms. The molecule has 0 aromatic heterocycles. The normalized spacial score (nSPS) is 16.1. The van der Waals surface area contributed by atoms with Crippen molar-refractivity contribution in [1.82, 2.24) is 10.2 Å². The number of hydrogen-bond donors (Lipinski definition) is 1. The van der Waals surface area contributed by atoms with Crippen LogP contribution >= 0.6 is 0 Å². The van der Waals surface area contributed by atoms with Gasteiger partial charge in [-0.3, -0.25) is 0 Å². The summed E-state index contributed by atoms with van der Waals surface area (Å²) in [6, 6.07) is 3.98. The fourth-order valence-corrected chi connectivity index (χ4v) is 3.23. The first kappa shape index (κ1) is 22.3. The van der Waals surface area contributed by atoms with Crippen LogP contribution in [0.25, 0.3) is 0 Å². The number of ether oxygens (including phenoxy) is 2. The van der Waals surface area contributed by atoms with Crippen LogP contribution in [0, 0.1) is 5.92 Å². The number of aliphatic imine (C=N–C) groups is 1. The fourth-order valence-electron chi connectivity index (χ4n) is 3.23. The summed E-state index contributed by atoms with van der Waals surface area (Å²) >= 11 is 0. The number of methoxy groups -OCH3 is 1. The molecule has 8 heteroatoms. The van der Waals surface area contributed by atoms with Crippen LogP contribution in [-0.4, -0.2) is 51.3 Å². The van der Waals surface area contributed by atoms with Gasteiger partial charge in [-0.15, -0.1) is 0 Å². The Balaban J connectivity index is 2.08. The quantitative estimate of drug-likeness (QED) is 0.556. The Kier molecular flexibility index (Phi) is 8.41. The maximum atomic E-state index is 13.4. The lowest BCUT2D eigenvalue weighted by Crippen LogP contribution is -2.40. The van der Waals surface area contributed by atoms with Crippen LogP contribution in [0.5, 0.6) is 5.75 Å². The van der Waals surface area contributed by atoms with Gasteiger partial charge in [0.05, 0.1) is 19.2 Å². The monoisotopic (exact) mass is 401 g/mol. The number of nitrogens with zero attached hydrogens (tertiary/aromatic N) is 2. The predicted molar refractivity (Wildman–Crippen MR) is 104 cm³/mol. The molecule has 0 saturated carbocycles. The first-order chi connectivity index (χ1) is 13.3. The van der Waals surface area contributed by atoms with Crippen molar-refractivity contribution >= 4 is 5.96 Å². The Morgan fingerprint density at radius 1 is 1.32 bits per heavy atom. The summed E-state index contributed by atoms with van der Waals surface area (Å²) in [5.74, 6) is 1.41. The Labute approximate surface area is 164 Å². The van der Waals surface area contributed by atoms with Crippen LogP contribution in [0.3, 0.4) is 0 Å². The van der Waals surface area contributed by atoms with Gasteiger partial charge in [0.2, 0.25) is 0 Å². The summed E-state index contributed by atoms with van der Waals surface area (Å²) in [5.41, 5.74) is -0.585. The van der Waals surface area contributed by atoms with Crippen LogP contribution in [0.15, 0.2) is 23.2 Å². The van der Waals surface area contributed by atoms with Gasteiger partial charge >= 0.3 is 6.18 Å². The predicted octanol–water partition coefficient (Wildman–Crippen LogP) is 3.93. The summed E-state index contributed by atoms with van der Waals surface area (Å²) in [6.45, 7) is 4.94. The number of rotatable bonds is 7. The third-order valence-corrected chi connectivity index (χ3v) is 4.93. The molecule has 0 aliphatic carbocycles. The van der Waals surface area contributed by atoms with Gasteiger partial charge in [0, 0.05) is 33.4 Å². The Bertz CT molecular complexity index is 644. The van der Waals surface area contributed by atoms with Crippen molar-refractivity contribution in [1.29, 1.82) is 0 Å². The van der Waals surface area contributed by atoms with E-state index in [1.54, 1.807) is 0 Å². The minimum Gasteiger partial charge on any atom is -0.497 e. The van der Waals surface area contributed by atoms with Gasteiger partial charge in [0.25, 0.3) is 0 Å². The van der Waals surface area contributed by atoms with Crippen molar-refractivity contribution < 1.29 is 22.6 Å². The molecule has 1 N–H and O–H groups in total. The average molecular weight is 401 g/mol. The highest BCUT2D eigenvalue weighted by Crippen LogP contribution is 2.34. The second-order valence-corrected chi connectivity index (χ2v) is 6.96. The zero-order valence-corrected chi connectivity index (χ0v) is 16.8. The molecule has 28 heavy (non-hydrogen) atoms. The number of hydrogen-bond acceptors (Lipinski definition) is 3. The molecule has 1 aromatic rings. The smallest absolute Gasteiger partial charge is 0.416 e. The number of halogens is 3. The van der Waals surface area contributed by atoms with Crippen molar-refractivity contribution in [3.63, 3.8) is 0 Å². The van der Waals surface area contributed by atoms with Crippen molar-refractivity contribution in [2.75, 3.05) is 40.5 Å². The van der Waals surface area contributed by atoms with Gasteiger partial charge < -0.3 is 19.7 Å². The van der Waals surface area contributed by atoms with E-state index in [4.69, 9.17) is 9.47 Å². The molecule has 0 bridgehead atoms. The molecule has 1 aromatic carbocycles. The van der Waals surface area contributed by atoms with Crippen molar-refractivity contribution in [3.05, 3.63) is 29.3 Å². The van der Waals surface area contributed by atoms with E-state index in [-0.39, 0.29) is 17.9 Å². The molecule has 2 rings (SSSR count). The Morgan fingerprint density at radius 2 is 2.04 bits per heavy atom. The van der Waals surface area contributed by atoms with Crippen LogP contribution in [0.2, 0.25) is 0 Å². The van der Waals surface area contributed by atoms with Crippen LogP contribution in [0.4, 0.5) is 13.2 Å². The minimum absolute atomic E-state index is 0.0528. The highest BCUT2D eigenvalue weighted by molar-refractivity contribution is 5.79. The van der Waals surface area contributed by atoms with E-state index in [2.05, 4.69) is 10.3 Å². The first-order valence-electron chi connectivity index (χ1n) is 9.66. The SMILES string of the molecule is CCNC(=NCc1ccc(OC)cc1C(F)(F)F)N(C)CCC1CCOCC1. The molecule has 1 aliphatic rings. The molecule has 0 unspecified atom stereocenters. The molecular formula is C20H30F3N3O2. The summed E-state index contributed by atoms with van der Waals surface area (Å²) in [4.78, 5) is 6.42. The molecule has 5 nitrogen and oxygen atoms in total. The highest BCUT2D eigenvalue weighted by atomic mass is 19.4. The molecule has 0 atom stereocenters. The second-order valence-electron chi connectivity index (χ2n) is 6.96. The zero-order valence-electron chi connectivity index (χ0n) is 16.8. The lowest BCUT2D eigenvalue weighted by molar-refractivity contribution is -0.138. The van der Waals surface area contributed by atoms with Crippen molar-refractivity contribution in [2.24, 2.45) is 10.9 Å². The van der Waals surface area contributed by atoms with Crippen molar-refractivity contribution in [3.8, 4) is 5.75 Å². The molecule has 158 valence electrons. The topological polar surface area (TPSA) is 46.1 Å². The zero-order chi connectivity index (χ0) is 20.6. The van der Waals surface area contributed by atoms with E-state index in [1.807, 2.05) is 18.9 Å². The number of alkyl halides is 3. The summed E-state index contributed by atoms with van der Waals surface area (Å²) in [5, 5.41) is 3.17. The van der Waals surface area contributed by atoms with Gasteiger partial charge in [-0.25, -0.2) is 4.99 Å². The van der Waals surface area contributed by atoms with Gasteiger partial charge in [-0.05, 0) is 49.8 Å². The number of guanidine groups is 1. The van der Waals surface area contributed by atoms with Gasteiger partial charge in [-0.1, -0.05) is 6.07 Å². The van der Waals surface area contributed by atoms with E-state index in [0.717, 1.165) is 45.1 Å². The van der Waals surface area contributed by atoms with Crippen LogP contribution < -0.4 is 10.1 Å². The third kappa shape index (κ3) is 6.58. The second kappa shape index (κ2) is 10.5. The largest absolute Gasteiger partial charge is 0.497 e. The maximum Gasteiger partial charge on any atom is 0.416 e. The van der Waals surface area contributed by atoms with Crippen LogP contribution in [-0.2, 0) is 17.5 Å². The number of benzene rings is 1. The first-order valence-corrected chi connectivity index (χ1v) is 9.66. The lowest BCUT2D eigenvalue weighted by Gasteiger charge is -2.27. The lowest BCUT2D eigenvalue weighted by atomic mass is 9.96. The number of nitrogens with one attached hydrogen (secondary N) is 1. The standard InChI is InChI=1S/C20H30F3N3O2/c1-4-24-19(26(2)10-7-15-8-11-28-12-9-15)25-14-16-5-6-17(27-3)13-18(16)20(21,22)23/h5-6,13,15H,4,7-12,14H2,1-3H3,(H,24,25).